The van der Waals surface area contributed by atoms with Crippen LogP contribution in [0.4, 0.5) is 17.1 Å². The topological polar surface area (TPSA) is 31.4 Å². The number of nitrogens with zero attached hydrogens (tertiary/aromatic N) is 3. The summed E-state index contributed by atoms with van der Waals surface area (Å²) in [6.45, 7) is 6.82. The zero-order valence-corrected chi connectivity index (χ0v) is 17.5. The van der Waals surface area contributed by atoms with E-state index in [2.05, 4.69) is 77.6 Å². The molecule has 1 aromatic heterocycles. The number of hydrogen-bond acceptors (Lipinski definition) is 4. The van der Waals surface area contributed by atoms with E-state index in [4.69, 9.17) is 4.98 Å². The Bertz CT molecular complexity index is 1000. The van der Waals surface area contributed by atoms with Gasteiger partial charge in [-0.2, -0.15) is 0 Å². The van der Waals surface area contributed by atoms with Crippen molar-refractivity contribution in [3.8, 4) is 0 Å². The third-order valence-electron chi connectivity index (χ3n) is 6.51. The molecule has 2 heterocycles. The van der Waals surface area contributed by atoms with E-state index in [0.717, 1.165) is 50.2 Å². The first-order valence-electron chi connectivity index (χ1n) is 10.9. The second-order valence-electron chi connectivity index (χ2n) is 8.74. The summed E-state index contributed by atoms with van der Waals surface area (Å²) >= 11 is 0. The van der Waals surface area contributed by atoms with Crippen molar-refractivity contribution >= 4 is 28.0 Å². The van der Waals surface area contributed by atoms with Crippen LogP contribution in [0.1, 0.15) is 24.6 Å². The first-order valence-corrected chi connectivity index (χ1v) is 10.9. The average molecular weight is 387 g/mol. The number of benzene rings is 2. The molecule has 1 unspecified atom stereocenters. The first-order chi connectivity index (χ1) is 14.2. The van der Waals surface area contributed by atoms with Gasteiger partial charge in [0, 0.05) is 48.6 Å². The van der Waals surface area contributed by atoms with Crippen LogP contribution in [-0.4, -0.2) is 43.1 Å². The van der Waals surface area contributed by atoms with Gasteiger partial charge in [0.1, 0.15) is 0 Å². The predicted molar refractivity (Wildman–Crippen MR) is 122 cm³/mol. The standard InChI is InChI=1S/C25H30N4/c1-18-7-12-24-22(17-18)25(21-5-3-4-6-23(21)27-24)26-19-8-10-20(11-9-19)29-15-13-28(2)14-16-29/h3-6,8-11,18H,7,12-17H2,1-2H3,(H,26,27). The molecule has 3 aromatic rings. The number of para-hydroxylation sites is 1. The molecule has 0 bridgehead atoms. The molecule has 1 fully saturated rings. The summed E-state index contributed by atoms with van der Waals surface area (Å²) in [5.41, 5.74) is 7.50. The van der Waals surface area contributed by atoms with Crippen molar-refractivity contribution in [2.45, 2.75) is 26.2 Å². The summed E-state index contributed by atoms with van der Waals surface area (Å²) < 4.78 is 0. The van der Waals surface area contributed by atoms with Gasteiger partial charge in [-0.05, 0) is 68.1 Å². The van der Waals surface area contributed by atoms with Gasteiger partial charge in [0.25, 0.3) is 0 Å². The van der Waals surface area contributed by atoms with E-state index in [0.29, 0.717) is 5.92 Å². The SMILES string of the molecule is CC1CCc2nc3ccccc3c(Nc3ccc(N4CCN(C)CC4)cc3)c2C1. The third kappa shape index (κ3) is 3.69. The van der Waals surface area contributed by atoms with Crippen molar-refractivity contribution in [2.75, 3.05) is 43.4 Å². The second-order valence-corrected chi connectivity index (χ2v) is 8.74. The second kappa shape index (κ2) is 7.68. The fourth-order valence-electron chi connectivity index (χ4n) is 4.67. The number of likely N-dealkylation sites (N-methyl/N-ethyl adjacent to an activating group) is 1. The van der Waals surface area contributed by atoms with Crippen molar-refractivity contribution in [3.05, 3.63) is 59.8 Å². The molecule has 150 valence electrons. The van der Waals surface area contributed by atoms with Gasteiger partial charge in [-0.15, -0.1) is 0 Å². The van der Waals surface area contributed by atoms with Gasteiger partial charge in [0.2, 0.25) is 0 Å². The maximum Gasteiger partial charge on any atom is 0.0726 e. The number of aromatic nitrogens is 1. The molecular weight excluding hydrogens is 356 g/mol. The zero-order chi connectivity index (χ0) is 19.8. The van der Waals surface area contributed by atoms with E-state index in [1.807, 2.05) is 0 Å². The number of hydrogen-bond donors (Lipinski definition) is 1. The van der Waals surface area contributed by atoms with E-state index in [9.17, 15) is 0 Å². The molecule has 1 N–H and O–H groups in total. The van der Waals surface area contributed by atoms with Gasteiger partial charge in [-0.3, -0.25) is 4.98 Å². The smallest absolute Gasteiger partial charge is 0.0726 e. The summed E-state index contributed by atoms with van der Waals surface area (Å²) in [5, 5.41) is 4.99. The lowest BCUT2D eigenvalue weighted by molar-refractivity contribution is 0.313. The van der Waals surface area contributed by atoms with Gasteiger partial charge in [-0.25, -0.2) is 0 Å². The lowest BCUT2D eigenvalue weighted by Crippen LogP contribution is -2.44. The summed E-state index contributed by atoms with van der Waals surface area (Å²) in [4.78, 5) is 9.86. The number of rotatable bonds is 3. The number of piperazine rings is 1. The fraction of sp³-hybridized carbons (Fsp3) is 0.400. The molecule has 1 saturated heterocycles. The number of anilines is 3. The van der Waals surface area contributed by atoms with Crippen molar-refractivity contribution in [3.63, 3.8) is 0 Å². The van der Waals surface area contributed by atoms with E-state index in [1.54, 1.807) is 0 Å². The number of nitrogens with one attached hydrogen (secondary N) is 1. The highest BCUT2D eigenvalue weighted by atomic mass is 15.2. The van der Waals surface area contributed by atoms with E-state index in [-0.39, 0.29) is 0 Å². The van der Waals surface area contributed by atoms with Crippen molar-refractivity contribution in [1.29, 1.82) is 0 Å². The molecule has 4 nitrogen and oxygen atoms in total. The molecule has 2 aromatic carbocycles. The Labute approximate surface area is 173 Å². The van der Waals surface area contributed by atoms with E-state index < -0.39 is 0 Å². The molecule has 1 aliphatic heterocycles. The maximum absolute atomic E-state index is 4.98. The largest absolute Gasteiger partial charge is 0.369 e. The summed E-state index contributed by atoms with van der Waals surface area (Å²) in [7, 11) is 2.20. The fourth-order valence-corrected chi connectivity index (χ4v) is 4.67. The number of fused-ring (bicyclic) bond motifs is 2. The number of pyridine rings is 1. The van der Waals surface area contributed by atoms with Crippen LogP contribution in [-0.2, 0) is 12.8 Å². The number of aryl methyl sites for hydroxylation is 1. The van der Waals surface area contributed by atoms with Gasteiger partial charge < -0.3 is 15.1 Å². The lowest BCUT2D eigenvalue weighted by atomic mass is 9.86. The highest BCUT2D eigenvalue weighted by Gasteiger charge is 2.22. The van der Waals surface area contributed by atoms with Crippen LogP contribution in [0.3, 0.4) is 0 Å². The third-order valence-corrected chi connectivity index (χ3v) is 6.51. The highest BCUT2D eigenvalue weighted by molar-refractivity contribution is 5.95. The molecule has 0 amide bonds. The van der Waals surface area contributed by atoms with Crippen LogP contribution < -0.4 is 10.2 Å². The average Bonchev–Trinajstić information content (AvgIpc) is 2.75. The van der Waals surface area contributed by atoms with Crippen molar-refractivity contribution in [2.24, 2.45) is 5.92 Å². The Balaban J connectivity index is 1.46. The Morgan fingerprint density at radius 3 is 2.52 bits per heavy atom. The molecular formula is C25H30N4. The predicted octanol–water partition coefficient (Wildman–Crippen LogP) is 4.86. The van der Waals surface area contributed by atoms with Crippen molar-refractivity contribution in [1.82, 2.24) is 9.88 Å². The molecule has 5 rings (SSSR count). The molecule has 29 heavy (non-hydrogen) atoms. The minimum absolute atomic E-state index is 0.714. The van der Waals surface area contributed by atoms with Gasteiger partial charge in [-0.1, -0.05) is 25.1 Å². The van der Waals surface area contributed by atoms with Crippen LogP contribution in [0.2, 0.25) is 0 Å². The van der Waals surface area contributed by atoms with Gasteiger partial charge in [0.15, 0.2) is 0 Å². The highest BCUT2D eigenvalue weighted by Crippen LogP contribution is 2.37. The molecule has 1 aliphatic carbocycles. The Morgan fingerprint density at radius 2 is 1.72 bits per heavy atom. The van der Waals surface area contributed by atoms with Gasteiger partial charge in [0.05, 0.1) is 11.2 Å². The lowest BCUT2D eigenvalue weighted by Gasteiger charge is -2.34. The normalized spacial score (nSPS) is 19.9. The molecule has 0 spiro atoms. The molecule has 1 atom stereocenters. The minimum Gasteiger partial charge on any atom is -0.369 e. The minimum atomic E-state index is 0.714. The molecule has 0 radical (unpaired) electrons. The van der Waals surface area contributed by atoms with Crippen LogP contribution in [0.15, 0.2) is 48.5 Å². The van der Waals surface area contributed by atoms with Crippen LogP contribution in [0, 0.1) is 5.92 Å². The molecule has 2 aliphatic rings. The van der Waals surface area contributed by atoms with Crippen molar-refractivity contribution < 1.29 is 0 Å². The Morgan fingerprint density at radius 1 is 0.966 bits per heavy atom. The van der Waals surface area contributed by atoms with Crippen LogP contribution in [0.5, 0.6) is 0 Å². The van der Waals surface area contributed by atoms with E-state index in [1.165, 1.54) is 34.4 Å². The van der Waals surface area contributed by atoms with E-state index >= 15 is 0 Å². The quantitative estimate of drug-likeness (QED) is 0.697. The Hall–Kier alpha value is -2.59. The van der Waals surface area contributed by atoms with Gasteiger partial charge >= 0.3 is 0 Å². The monoisotopic (exact) mass is 386 g/mol. The zero-order valence-electron chi connectivity index (χ0n) is 17.5. The van der Waals surface area contributed by atoms with Crippen LogP contribution in [0.25, 0.3) is 10.9 Å². The summed E-state index contributed by atoms with van der Waals surface area (Å²) in [6, 6.07) is 17.5. The maximum atomic E-state index is 4.98. The van der Waals surface area contributed by atoms with Crippen LogP contribution >= 0.6 is 0 Å². The molecule has 0 saturated carbocycles. The summed E-state index contributed by atoms with van der Waals surface area (Å²) in [5.74, 6) is 0.714. The first kappa shape index (κ1) is 18.4. The summed E-state index contributed by atoms with van der Waals surface area (Å²) in [6.07, 6.45) is 3.42. The Kier molecular flexibility index (Phi) is 4.88. The molecule has 4 heteroatoms.